The van der Waals surface area contributed by atoms with Crippen molar-refractivity contribution < 1.29 is 4.74 Å². The molecular formula is C8H9BrN2O2. The fourth-order valence-corrected chi connectivity index (χ4v) is 1.49. The molecule has 1 saturated carbocycles. The van der Waals surface area contributed by atoms with Gasteiger partial charge in [-0.25, -0.2) is 0 Å². The quantitative estimate of drug-likeness (QED) is 0.857. The summed E-state index contributed by atoms with van der Waals surface area (Å²) in [6.07, 6.45) is 2.21. The van der Waals surface area contributed by atoms with E-state index in [1.807, 2.05) is 0 Å². The highest BCUT2D eigenvalue weighted by atomic mass is 79.9. The van der Waals surface area contributed by atoms with Crippen LogP contribution in [-0.4, -0.2) is 17.1 Å². The van der Waals surface area contributed by atoms with E-state index in [-0.39, 0.29) is 5.56 Å². The largest absolute Gasteiger partial charge is 0.480 e. The van der Waals surface area contributed by atoms with Gasteiger partial charge in [0, 0.05) is 5.92 Å². The van der Waals surface area contributed by atoms with Gasteiger partial charge in [0.15, 0.2) is 0 Å². The van der Waals surface area contributed by atoms with Crippen LogP contribution in [0.1, 0.15) is 24.6 Å². The van der Waals surface area contributed by atoms with Gasteiger partial charge in [0.1, 0.15) is 10.3 Å². The Kier molecular flexibility index (Phi) is 2.11. The molecule has 1 heterocycles. The predicted molar refractivity (Wildman–Crippen MR) is 51.1 cm³/mol. The normalized spacial score (nSPS) is 15.8. The summed E-state index contributed by atoms with van der Waals surface area (Å²) < 4.78 is 5.33. The molecule has 1 N–H and O–H groups in total. The highest BCUT2D eigenvalue weighted by molar-refractivity contribution is 9.10. The first-order valence-electron chi connectivity index (χ1n) is 4.06. The number of hydrogen-bond donors (Lipinski definition) is 1. The molecule has 0 bridgehead atoms. The fraction of sp³-hybridized carbons (Fsp3) is 0.500. The molecule has 0 saturated heterocycles. The molecule has 0 spiro atoms. The van der Waals surface area contributed by atoms with E-state index in [4.69, 9.17) is 4.74 Å². The van der Waals surface area contributed by atoms with Gasteiger partial charge >= 0.3 is 0 Å². The molecule has 0 unspecified atom stereocenters. The lowest BCUT2D eigenvalue weighted by Crippen LogP contribution is -2.13. The maximum atomic E-state index is 11.3. The van der Waals surface area contributed by atoms with Gasteiger partial charge in [-0.3, -0.25) is 4.79 Å². The molecule has 0 aliphatic heterocycles. The summed E-state index contributed by atoms with van der Waals surface area (Å²) in [6, 6.07) is 0. The summed E-state index contributed by atoms with van der Waals surface area (Å²) in [5, 5.41) is 0. The van der Waals surface area contributed by atoms with Crippen LogP contribution in [0.3, 0.4) is 0 Å². The highest BCUT2D eigenvalue weighted by Crippen LogP contribution is 2.38. The van der Waals surface area contributed by atoms with Gasteiger partial charge in [-0.1, -0.05) is 0 Å². The predicted octanol–water partition coefficient (Wildman–Crippen LogP) is 1.42. The summed E-state index contributed by atoms with van der Waals surface area (Å²) in [5.74, 6) is 1.53. The van der Waals surface area contributed by atoms with Gasteiger partial charge in [-0.2, -0.15) is 4.98 Å². The van der Waals surface area contributed by atoms with E-state index in [1.165, 1.54) is 7.11 Å². The Bertz CT molecular complexity index is 384. The summed E-state index contributed by atoms with van der Waals surface area (Å²) in [7, 11) is 1.50. The molecule has 0 amide bonds. The molecule has 2 rings (SSSR count). The van der Waals surface area contributed by atoms with Crippen LogP contribution in [-0.2, 0) is 0 Å². The van der Waals surface area contributed by atoms with E-state index in [9.17, 15) is 4.79 Å². The van der Waals surface area contributed by atoms with Crippen molar-refractivity contribution in [1.82, 2.24) is 9.97 Å². The second-order valence-electron chi connectivity index (χ2n) is 3.05. The number of hydrogen-bond acceptors (Lipinski definition) is 3. The number of halogens is 1. The average Bonchev–Trinajstić information content (AvgIpc) is 2.92. The van der Waals surface area contributed by atoms with Gasteiger partial charge in [0.2, 0.25) is 5.88 Å². The third kappa shape index (κ3) is 1.60. The van der Waals surface area contributed by atoms with Crippen molar-refractivity contribution >= 4 is 15.9 Å². The fourth-order valence-electron chi connectivity index (χ4n) is 1.14. The maximum absolute atomic E-state index is 11.3. The summed E-state index contributed by atoms with van der Waals surface area (Å²) in [4.78, 5) is 18.2. The summed E-state index contributed by atoms with van der Waals surface area (Å²) >= 11 is 3.11. The zero-order valence-corrected chi connectivity index (χ0v) is 8.72. The minimum Gasteiger partial charge on any atom is -0.480 e. The smallest absolute Gasteiger partial charge is 0.269 e. The Labute approximate surface area is 83.5 Å². The molecule has 0 radical (unpaired) electrons. The molecule has 0 atom stereocenters. The summed E-state index contributed by atoms with van der Waals surface area (Å²) in [6.45, 7) is 0. The lowest BCUT2D eigenvalue weighted by atomic mass is 10.4. The number of ether oxygens (including phenoxy) is 1. The third-order valence-corrected chi connectivity index (χ3v) is 2.71. The zero-order valence-electron chi connectivity index (χ0n) is 7.13. The highest BCUT2D eigenvalue weighted by Gasteiger charge is 2.27. The Morgan fingerprint density at radius 2 is 2.31 bits per heavy atom. The van der Waals surface area contributed by atoms with Crippen molar-refractivity contribution in [3.63, 3.8) is 0 Å². The van der Waals surface area contributed by atoms with Crippen molar-refractivity contribution in [3.05, 3.63) is 20.7 Å². The van der Waals surface area contributed by atoms with Crippen LogP contribution in [0.15, 0.2) is 9.27 Å². The van der Waals surface area contributed by atoms with Crippen LogP contribution in [0.2, 0.25) is 0 Å². The molecular weight excluding hydrogens is 236 g/mol. The van der Waals surface area contributed by atoms with Gasteiger partial charge in [0.05, 0.1) is 7.11 Å². The second-order valence-corrected chi connectivity index (χ2v) is 3.84. The molecule has 70 valence electrons. The minimum absolute atomic E-state index is 0.172. The summed E-state index contributed by atoms with van der Waals surface area (Å²) in [5.41, 5.74) is -0.172. The van der Waals surface area contributed by atoms with Gasteiger partial charge in [-0.15, -0.1) is 0 Å². The van der Waals surface area contributed by atoms with Gasteiger partial charge in [-0.05, 0) is 28.8 Å². The van der Waals surface area contributed by atoms with Crippen LogP contribution in [0.25, 0.3) is 0 Å². The van der Waals surface area contributed by atoms with Crippen molar-refractivity contribution in [1.29, 1.82) is 0 Å². The van der Waals surface area contributed by atoms with E-state index < -0.39 is 0 Å². The number of nitrogens with one attached hydrogen (secondary N) is 1. The molecule has 1 aromatic heterocycles. The molecule has 0 aromatic carbocycles. The molecule has 1 aliphatic rings. The molecule has 5 heteroatoms. The second kappa shape index (κ2) is 3.14. The van der Waals surface area contributed by atoms with Crippen LogP contribution >= 0.6 is 15.9 Å². The molecule has 1 aliphatic carbocycles. The average molecular weight is 245 g/mol. The lowest BCUT2D eigenvalue weighted by molar-refractivity contribution is 0.390. The monoisotopic (exact) mass is 244 g/mol. The number of rotatable bonds is 2. The first kappa shape index (κ1) is 8.74. The first-order chi connectivity index (χ1) is 6.22. The molecule has 13 heavy (non-hydrogen) atoms. The molecule has 1 fully saturated rings. The van der Waals surface area contributed by atoms with Crippen molar-refractivity contribution in [3.8, 4) is 5.88 Å². The number of methoxy groups -OCH3 is 1. The minimum atomic E-state index is -0.172. The van der Waals surface area contributed by atoms with E-state index in [0.717, 1.165) is 18.7 Å². The third-order valence-electron chi connectivity index (χ3n) is 2.01. The number of nitrogens with zero attached hydrogens (tertiary/aromatic N) is 1. The number of aromatic amines is 1. The Morgan fingerprint density at radius 1 is 1.62 bits per heavy atom. The molecule has 1 aromatic rings. The van der Waals surface area contributed by atoms with Crippen LogP contribution in [0, 0.1) is 0 Å². The van der Waals surface area contributed by atoms with Crippen molar-refractivity contribution in [2.75, 3.05) is 7.11 Å². The number of H-pyrrole nitrogens is 1. The number of aromatic nitrogens is 2. The van der Waals surface area contributed by atoms with E-state index in [2.05, 4.69) is 25.9 Å². The topological polar surface area (TPSA) is 55.0 Å². The van der Waals surface area contributed by atoms with Crippen LogP contribution < -0.4 is 10.3 Å². The van der Waals surface area contributed by atoms with E-state index in [0.29, 0.717) is 16.3 Å². The SMILES string of the molecule is COc1nc(C2CC2)[nH]c(=O)c1Br. The Morgan fingerprint density at radius 3 is 2.85 bits per heavy atom. The standard InChI is InChI=1S/C8H9BrN2O2/c1-13-8-5(9)7(12)10-6(11-8)4-2-3-4/h4H,2-3H2,1H3,(H,10,11,12). The van der Waals surface area contributed by atoms with E-state index in [1.54, 1.807) is 0 Å². The van der Waals surface area contributed by atoms with Crippen molar-refractivity contribution in [2.24, 2.45) is 0 Å². The van der Waals surface area contributed by atoms with Crippen LogP contribution in [0.4, 0.5) is 0 Å². The Hall–Kier alpha value is -0.840. The first-order valence-corrected chi connectivity index (χ1v) is 4.85. The van der Waals surface area contributed by atoms with Crippen molar-refractivity contribution in [2.45, 2.75) is 18.8 Å². The van der Waals surface area contributed by atoms with Gasteiger partial charge in [0.25, 0.3) is 5.56 Å². The van der Waals surface area contributed by atoms with Crippen LogP contribution in [0.5, 0.6) is 5.88 Å². The lowest BCUT2D eigenvalue weighted by Gasteiger charge is -2.03. The van der Waals surface area contributed by atoms with Gasteiger partial charge < -0.3 is 9.72 Å². The molecule has 4 nitrogen and oxygen atoms in total. The maximum Gasteiger partial charge on any atom is 0.269 e. The van der Waals surface area contributed by atoms with E-state index >= 15 is 0 Å². The Balaban J connectivity index is 2.50. The zero-order chi connectivity index (χ0) is 9.42.